The lowest BCUT2D eigenvalue weighted by Gasteiger charge is -2.02. The van der Waals surface area contributed by atoms with E-state index in [1.807, 2.05) is 6.92 Å². The highest BCUT2D eigenvalue weighted by atomic mass is 16.1. The standard InChI is InChI=1S/C7H11N3O/c1-5-4-10(3)7(11)6(8-2)9-5/h4H,1-3H3,(H,8,9). The van der Waals surface area contributed by atoms with Crippen LogP contribution in [-0.2, 0) is 7.05 Å². The van der Waals surface area contributed by atoms with E-state index in [1.165, 1.54) is 4.57 Å². The van der Waals surface area contributed by atoms with Crippen molar-refractivity contribution in [2.45, 2.75) is 6.92 Å². The molecule has 0 fully saturated rings. The molecule has 1 heterocycles. The summed E-state index contributed by atoms with van der Waals surface area (Å²) in [5, 5.41) is 2.73. The maximum Gasteiger partial charge on any atom is 0.293 e. The molecule has 11 heavy (non-hydrogen) atoms. The Kier molecular flexibility index (Phi) is 1.94. The van der Waals surface area contributed by atoms with Crippen molar-refractivity contribution >= 4 is 5.82 Å². The Bertz CT molecular complexity index is 316. The van der Waals surface area contributed by atoms with Crippen LogP contribution >= 0.6 is 0 Å². The zero-order chi connectivity index (χ0) is 8.43. The van der Waals surface area contributed by atoms with Gasteiger partial charge in [-0.25, -0.2) is 4.98 Å². The fraction of sp³-hybridized carbons (Fsp3) is 0.429. The maximum absolute atomic E-state index is 11.2. The van der Waals surface area contributed by atoms with Gasteiger partial charge < -0.3 is 9.88 Å². The molecule has 0 aromatic carbocycles. The van der Waals surface area contributed by atoms with Gasteiger partial charge in [0.25, 0.3) is 5.56 Å². The van der Waals surface area contributed by atoms with E-state index in [4.69, 9.17) is 0 Å². The van der Waals surface area contributed by atoms with Crippen molar-refractivity contribution < 1.29 is 0 Å². The van der Waals surface area contributed by atoms with Crippen molar-refractivity contribution in [1.82, 2.24) is 9.55 Å². The van der Waals surface area contributed by atoms with Crippen LogP contribution in [0.5, 0.6) is 0 Å². The quantitative estimate of drug-likeness (QED) is 0.623. The summed E-state index contributed by atoms with van der Waals surface area (Å²) in [5.74, 6) is 0.396. The number of nitrogens with one attached hydrogen (secondary N) is 1. The lowest BCUT2D eigenvalue weighted by atomic mass is 10.5. The molecule has 0 spiro atoms. The molecule has 1 aromatic heterocycles. The largest absolute Gasteiger partial charge is 0.369 e. The number of aromatic nitrogens is 2. The lowest BCUT2D eigenvalue weighted by molar-refractivity contribution is 0.830. The molecule has 1 rings (SSSR count). The van der Waals surface area contributed by atoms with E-state index in [1.54, 1.807) is 20.3 Å². The van der Waals surface area contributed by atoms with Crippen LogP contribution in [0.1, 0.15) is 5.69 Å². The van der Waals surface area contributed by atoms with E-state index in [0.29, 0.717) is 5.82 Å². The molecule has 0 saturated heterocycles. The second-order valence-corrected chi connectivity index (χ2v) is 2.40. The van der Waals surface area contributed by atoms with Crippen molar-refractivity contribution in [2.24, 2.45) is 7.05 Å². The van der Waals surface area contributed by atoms with Gasteiger partial charge in [0.05, 0.1) is 5.69 Å². The van der Waals surface area contributed by atoms with Crippen molar-refractivity contribution in [3.63, 3.8) is 0 Å². The topological polar surface area (TPSA) is 46.9 Å². The smallest absolute Gasteiger partial charge is 0.293 e. The third-order valence-corrected chi connectivity index (χ3v) is 1.43. The maximum atomic E-state index is 11.2. The third-order valence-electron chi connectivity index (χ3n) is 1.43. The molecular formula is C7H11N3O. The summed E-state index contributed by atoms with van der Waals surface area (Å²) in [7, 11) is 3.39. The average molecular weight is 153 g/mol. The highest BCUT2D eigenvalue weighted by Crippen LogP contribution is 1.94. The summed E-state index contributed by atoms with van der Waals surface area (Å²) < 4.78 is 1.51. The van der Waals surface area contributed by atoms with E-state index in [9.17, 15) is 4.79 Å². The molecule has 0 radical (unpaired) electrons. The Morgan fingerprint density at radius 2 is 2.27 bits per heavy atom. The predicted molar refractivity (Wildman–Crippen MR) is 43.8 cm³/mol. The molecular weight excluding hydrogens is 142 g/mol. The number of nitrogens with zero attached hydrogens (tertiary/aromatic N) is 2. The molecule has 0 unspecified atom stereocenters. The SMILES string of the molecule is CNc1nc(C)cn(C)c1=O. The summed E-state index contributed by atoms with van der Waals surface area (Å²) in [6, 6.07) is 0. The molecule has 0 saturated carbocycles. The molecule has 0 aliphatic heterocycles. The summed E-state index contributed by atoms with van der Waals surface area (Å²) in [5.41, 5.74) is 0.731. The molecule has 0 atom stereocenters. The fourth-order valence-corrected chi connectivity index (χ4v) is 0.922. The minimum atomic E-state index is -0.0990. The van der Waals surface area contributed by atoms with Crippen molar-refractivity contribution in [3.05, 3.63) is 22.2 Å². The Labute approximate surface area is 64.9 Å². The highest BCUT2D eigenvalue weighted by molar-refractivity contribution is 5.30. The van der Waals surface area contributed by atoms with Gasteiger partial charge in [0.15, 0.2) is 5.82 Å². The minimum Gasteiger partial charge on any atom is -0.369 e. The first-order valence-corrected chi connectivity index (χ1v) is 3.37. The van der Waals surface area contributed by atoms with Crippen molar-refractivity contribution in [3.8, 4) is 0 Å². The molecule has 0 aliphatic rings. The zero-order valence-electron chi connectivity index (χ0n) is 6.88. The predicted octanol–water partition coefficient (Wildman–Crippen LogP) is 0.130. The summed E-state index contributed by atoms with van der Waals surface area (Å²) >= 11 is 0. The number of anilines is 1. The van der Waals surface area contributed by atoms with Gasteiger partial charge in [-0.2, -0.15) is 0 Å². The van der Waals surface area contributed by atoms with Gasteiger partial charge in [0, 0.05) is 20.3 Å². The first-order chi connectivity index (χ1) is 5.15. The van der Waals surface area contributed by atoms with E-state index in [-0.39, 0.29) is 5.56 Å². The van der Waals surface area contributed by atoms with E-state index in [2.05, 4.69) is 10.3 Å². The van der Waals surface area contributed by atoms with Gasteiger partial charge in [-0.3, -0.25) is 4.79 Å². The number of aryl methyl sites for hydroxylation is 2. The molecule has 4 heteroatoms. The Morgan fingerprint density at radius 3 is 2.82 bits per heavy atom. The number of rotatable bonds is 1. The normalized spacial score (nSPS) is 9.73. The first-order valence-electron chi connectivity index (χ1n) is 3.37. The zero-order valence-corrected chi connectivity index (χ0v) is 6.88. The van der Waals surface area contributed by atoms with Crippen LogP contribution in [0.15, 0.2) is 11.0 Å². The number of hydrogen-bond donors (Lipinski definition) is 1. The van der Waals surface area contributed by atoms with Crippen LogP contribution in [0, 0.1) is 6.92 Å². The van der Waals surface area contributed by atoms with Gasteiger partial charge in [0.1, 0.15) is 0 Å². The lowest BCUT2D eigenvalue weighted by Crippen LogP contribution is -2.21. The third kappa shape index (κ3) is 1.39. The molecule has 0 aliphatic carbocycles. The molecule has 0 bridgehead atoms. The van der Waals surface area contributed by atoms with Crippen molar-refractivity contribution in [2.75, 3.05) is 12.4 Å². The van der Waals surface area contributed by atoms with Crippen LogP contribution in [0.4, 0.5) is 5.82 Å². The van der Waals surface area contributed by atoms with Crippen molar-refractivity contribution in [1.29, 1.82) is 0 Å². The van der Waals surface area contributed by atoms with Crippen LogP contribution in [0.25, 0.3) is 0 Å². The van der Waals surface area contributed by atoms with E-state index in [0.717, 1.165) is 5.69 Å². The molecule has 60 valence electrons. The average Bonchev–Trinajstić information content (AvgIpc) is 1.96. The summed E-state index contributed by atoms with van der Waals surface area (Å²) in [4.78, 5) is 15.2. The van der Waals surface area contributed by atoms with Gasteiger partial charge in [-0.15, -0.1) is 0 Å². The first kappa shape index (κ1) is 7.78. The van der Waals surface area contributed by atoms with Gasteiger partial charge in [0.2, 0.25) is 0 Å². The Balaban J connectivity index is 3.37. The van der Waals surface area contributed by atoms with Gasteiger partial charge in [-0.1, -0.05) is 0 Å². The number of hydrogen-bond acceptors (Lipinski definition) is 3. The van der Waals surface area contributed by atoms with Crippen LogP contribution in [0.2, 0.25) is 0 Å². The van der Waals surface area contributed by atoms with Gasteiger partial charge in [-0.05, 0) is 6.92 Å². The van der Waals surface area contributed by atoms with Crippen LogP contribution in [0.3, 0.4) is 0 Å². The molecule has 1 N–H and O–H groups in total. The monoisotopic (exact) mass is 153 g/mol. The van der Waals surface area contributed by atoms with Gasteiger partial charge >= 0.3 is 0 Å². The molecule has 1 aromatic rings. The molecule has 0 amide bonds. The van der Waals surface area contributed by atoms with E-state index >= 15 is 0 Å². The fourth-order valence-electron chi connectivity index (χ4n) is 0.922. The summed E-state index contributed by atoms with van der Waals surface area (Å²) in [6.07, 6.45) is 1.70. The molecule has 4 nitrogen and oxygen atoms in total. The summed E-state index contributed by atoms with van der Waals surface area (Å²) in [6.45, 7) is 1.85. The second kappa shape index (κ2) is 2.74. The van der Waals surface area contributed by atoms with E-state index < -0.39 is 0 Å². The Hall–Kier alpha value is -1.32. The van der Waals surface area contributed by atoms with Crippen LogP contribution < -0.4 is 10.9 Å². The highest BCUT2D eigenvalue weighted by Gasteiger charge is 2.00. The minimum absolute atomic E-state index is 0.0990. The van der Waals surface area contributed by atoms with Crippen LogP contribution in [-0.4, -0.2) is 16.6 Å². The second-order valence-electron chi connectivity index (χ2n) is 2.40. The Morgan fingerprint density at radius 1 is 1.64 bits per heavy atom.